The average Bonchev–Trinajstić information content (AvgIpc) is 2.39. The zero-order chi connectivity index (χ0) is 12.5. The molecule has 0 atom stereocenters. The molecule has 1 heteroatoms. The van der Waals surface area contributed by atoms with E-state index in [2.05, 4.69) is 13.2 Å². The van der Waals surface area contributed by atoms with Crippen molar-refractivity contribution in [2.75, 3.05) is 0 Å². The first-order valence-electron chi connectivity index (χ1n) is 5.46. The summed E-state index contributed by atoms with van der Waals surface area (Å²) in [6, 6.07) is 9.93. The predicted octanol–water partition coefficient (Wildman–Crippen LogP) is 3.96. The molecule has 0 aliphatic rings. The maximum atomic E-state index is 10.8. The van der Waals surface area contributed by atoms with E-state index in [0.29, 0.717) is 12.0 Å². The molecule has 0 aliphatic heterocycles. The summed E-state index contributed by atoms with van der Waals surface area (Å²) in [4.78, 5) is 10.8. The normalized spacial score (nSPS) is 12.0. The van der Waals surface area contributed by atoms with Crippen LogP contribution in [-0.2, 0) is 4.79 Å². The first kappa shape index (κ1) is 12.9. The molecule has 0 heterocycles. The Kier molecular flexibility index (Phi) is 5.45. The molecule has 1 nitrogen and oxygen atoms in total. The molecule has 0 spiro atoms. The van der Waals surface area contributed by atoms with Gasteiger partial charge in [0.1, 0.15) is 6.29 Å². The molecule has 1 rings (SSSR count). The number of rotatable bonds is 6. The van der Waals surface area contributed by atoms with Crippen molar-refractivity contribution < 1.29 is 4.79 Å². The third-order valence-corrected chi connectivity index (χ3v) is 2.34. The van der Waals surface area contributed by atoms with E-state index in [0.717, 1.165) is 17.4 Å². The SMILES string of the molecule is C=CC/C(C=O)=C\C=C(/C=C)c1ccccc1. The van der Waals surface area contributed by atoms with Crippen LogP contribution >= 0.6 is 0 Å². The fourth-order valence-electron chi connectivity index (χ4n) is 1.43. The lowest BCUT2D eigenvalue weighted by Gasteiger charge is -2.00. The van der Waals surface area contributed by atoms with E-state index in [1.165, 1.54) is 0 Å². The summed E-state index contributed by atoms with van der Waals surface area (Å²) in [6.07, 6.45) is 8.63. The monoisotopic (exact) mass is 224 g/mol. The zero-order valence-corrected chi connectivity index (χ0v) is 9.80. The van der Waals surface area contributed by atoms with Crippen molar-refractivity contribution in [3.8, 4) is 0 Å². The Labute approximate surface area is 102 Å². The Morgan fingerprint density at radius 1 is 1.12 bits per heavy atom. The van der Waals surface area contributed by atoms with Crippen LogP contribution in [0.15, 0.2) is 73.4 Å². The van der Waals surface area contributed by atoms with E-state index < -0.39 is 0 Å². The lowest BCUT2D eigenvalue weighted by atomic mass is 10.0. The fraction of sp³-hybridized carbons (Fsp3) is 0.0625. The van der Waals surface area contributed by atoms with Gasteiger partial charge in [0, 0.05) is 0 Å². The molecule has 0 aliphatic carbocycles. The quantitative estimate of drug-likeness (QED) is 0.309. The maximum Gasteiger partial charge on any atom is 0.146 e. The maximum absolute atomic E-state index is 10.8. The summed E-state index contributed by atoms with van der Waals surface area (Å²) in [7, 11) is 0. The molecule has 0 amide bonds. The van der Waals surface area contributed by atoms with Gasteiger partial charge in [0.25, 0.3) is 0 Å². The molecule has 0 saturated carbocycles. The molecule has 17 heavy (non-hydrogen) atoms. The van der Waals surface area contributed by atoms with Gasteiger partial charge < -0.3 is 0 Å². The van der Waals surface area contributed by atoms with Gasteiger partial charge in [0.15, 0.2) is 0 Å². The molecule has 0 fully saturated rings. The molecular weight excluding hydrogens is 208 g/mol. The van der Waals surface area contributed by atoms with E-state index >= 15 is 0 Å². The van der Waals surface area contributed by atoms with Gasteiger partial charge in [-0.15, -0.1) is 6.58 Å². The van der Waals surface area contributed by atoms with Gasteiger partial charge in [-0.3, -0.25) is 4.79 Å². The summed E-state index contributed by atoms with van der Waals surface area (Å²) in [5.41, 5.74) is 2.78. The Bertz CT molecular complexity index is 450. The van der Waals surface area contributed by atoms with Crippen molar-refractivity contribution in [1.82, 2.24) is 0 Å². The number of hydrogen-bond donors (Lipinski definition) is 0. The van der Waals surface area contributed by atoms with Gasteiger partial charge >= 0.3 is 0 Å². The van der Waals surface area contributed by atoms with Crippen molar-refractivity contribution >= 4 is 11.9 Å². The van der Waals surface area contributed by atoms with E-state index in [1.807, 2.05) is 36.4 Å². The van der Waals surface area contributed by atoms with Crippen LogP contribution in [0.3, 0.4) is 0 Å². The molecule has 1 aromatic carbocycles. The molecule has 0 aromatic heterocycles. The highest BCUT2D eigenvalue weighted by molar-refractivity contribution is 5.78. The Hall–Kier alpha value is -2.15. The standard InChI is InChI=1S/C16H16O/c1-3-8-14(13-17)11-12-15(4-2)16-9-6-5-7-10-16/h3-7,9-13H,1-2,8H2/b14-11+,15-12+. The molecule has 1 aromatic rings. The van der Waals surface area contributed by atoms with Crippen molar-refractivity contribution in [1.29, 1.82) is 0 Å². The number of allylic oxidation sites excluding steroid dienone is 6. The van der Waals surface area contributed by atoms with Gasteiger partial charge in [-0.25, -0.2) is 0 Å². The third-order valence-electron chi connectivity index (χ3n) is 2.34. The van der Waals surface area contributed by atoms with Crippen molar-refractivity contribution in [2.45, 2.75) is 6.42 Å². The minimum Gasteiger partial charge on any atom is -0.298 e. The number of hydrogen-bond acceptors (Lipinski definition) is 1. The predicted molar refractivity (Wildman–Crippen MR) is 73.6 cm³/mol. The zero-order valence-electron chi connectivity index (χ0n) is 9.80. The van der Waals surface area contributed by atoms with Crippen LogP contribution in [0.25, 0.3) is 5.57 Å². The minimum atomic E-state index is 0.583. The highest BCUT2D eigenvalue weighted by Crippen LogP contribution is 2.15. The van der Waals surface area contributed by atoms with Gasteiger partial charge in [-0.05, 0) is 23.1 Å². The van der Waals surface area contributed by atoms with E-state index in [1.54, 1.807) is 18.2 Å². The summed E-state index contributed by atoms with van der Waals surface area (Å²) in [5.74, 6) is 0. The highest BCUT2D eigenvalue weighted by Gasteiger charge is 1.95. The Morgan fingerprint density at radius 3 is 2.35 bits per heavy atom. The second kappa shape index (κ2) is 7.18. The van der Waals surface area contributed by atoms with Gasteiger partial charge in [0.05, 0.1) is 0 Å². The first-order chi connectivity index (χ1) is 8.31. The second-order valence-electron chi connectivity index (χ2n) is 3.54. The number of carbonyl (C=O) groups excluding carboxylic acids is 1. The number of benzene rings is 1. The van der Waals surface area contributed by atoms with Crippen LogP contribution < -0.4 is 0 Å². The third kappa shape index (κ3) is 4.07. The molecule has 0 N–H and O–H groups in total. The van der Waals surface area contributed by atoms with Gasteiger partial charge in [0.2, 0.25) is 0 Å². The minimum absolute atomic E-state index is 0.583. The second-order valence-corrected chi connectivity index (χ2v) is 3.54. The first-order valence-corrected chi connectivity index (χ1v) is 5.46. The van der Waals surface area contributed by atoms with Crippen LogP contribution in [0.2, 0.25) is 0 Å². The van der Waals surface area contributed by atoms with Crippen LogP contribution in [0.5, 0.6) is 0 Å². The van der Waals surface area contributed by atoms with Crippen molar-refractivity contribution in [2.24, 2.45) is 0 Å². The van der Waals surface area contributed by atoms with Crippen molar-refractivity contribution in [3.05, 3.63) is 78.9 Å². The van der Waals surface area contributed by atoms with Crippen LogP contribution in [0, 0.1) is 0 Å². The Morgan fingerprint density at radius 2 is 1.82 bits per heavy atom. The van der Waals surface area contributed by atoms with E-state index in [-0.39, 0.29) is 0 Å². The summed E-state index contributed by atoms with van der Waals surface area (Å²) < 4.78 is 0. The summed E-state index contributed by atoms with van der Waals surface area (Å²) in [6.45, 7) is 7.39. The smallest absolute Gasteiger partial charge is 0.146 e. The van der Waals surface area contributed by atoms with Crippen molar-refractivity contribution in [3.63, 3.8) is 0 Å². The largest absolute Gasteiger partial charge is 0.298 e. The molecule has 0 unspecified atom stereocenters. The van der Waals surface area contributed by atoms with Crippen LogP contribution in [0.4, 0.5) is 0 Å². The highest BCUT2D eigenvalue weighted by atomic mass is 16.1. The molecule has 0 saturated heterocycles. The fourth-order valence-corrected chi connectivity index (χ4v) is 1.43. The molecule has 86 valence electrons. The van der Waals surface area contributed by atoms with E-state index in [9.17, 15) is 4.79 Å². The Balaban J connectivity index is 2.98. The van der Waals surface area contributed by atoms with E-state index in [4.69, 9.17) is 0 Å². The van der Waals surface area contributed by atoms with Gasteiger partial charge in [-0.2, -0.15) is 0 Å². The van der Waals surface area contributed by atoms with Crippen LogP contribution in [0.1, 0.15) is 12.0 Å². The summed E-state index contributed by atoms with van der Waals surface area (Å²) >= 11 is 0. The average molecular weight is 224 g/mol. The summed E-state index contributed by atoms with van der Waals surface area (Å²) in [5, 5.41) is 0. The van der Waals surface area contributed by atoms with Crippen LogP contribution in [-0.4, -0.2) is 6.29 Å². The lowest BCUT2D eigenvalue weighted by molar-refractivity contribution is -0.104. The molecule has 0 radical (unpaired) electrons. The molecular formula is C16H16O. The number of aldehydes is 1. The molecule has 0 bridgehead atoms. The number of carbonyl (C=O) groups is 1. The lowest BCUT2D eigenvalue weighted by Crippen LogP contribution is -1.83. The topological polar surface area (TPSA) is 17.1 Å². The van der Waals surface area contributed by atoms with Gasteiger partial charge in [-0.1, -0.05) is 61.2 Å².